The molecule has 0 radical (unpaired) electrons. The Balaban J connectivity index is 2.54. The summed E-state index contributed by atoms with van der Waals surface area (Å²) in [6.45, 7) is 5.61. The van der Waals surface area contributed by atoms with Crippen molar-refractivity contribution in [2.45, 2.75) is 38.6 Å². The fourth-order valence-electron chi connectivity index (χ4n) is 2.02. The summed E-state index contributed by atoms with van der Waals surface area (Å²) in [6, 6.07) is 6.66. The first-order valence-corrected chi connectivity index (χ1v) is 6.76. The summed E-state index contributed by atoms with van der Waals surface area (Å²) in [5.74, 6) is -1.16. The molecule has 0 aliphatic carbocycles. The van der Waals surface area contributed by atoms with E-state index in [4.69, 9.17) is 5.11 Å². The summed E-state index contributed by atoms with van der Waals surface area (Å²) in [6.07, 6.45) is 4.75. The van der Waals surface area contributed by atoms with E-state index in [2.05, 4.69) is 11.9 Å². The van der Waals surface area contributed by atoms with Crippen LogP contribution in [0, 0.1) is 0 Å². The fourth-order valence-corrected chi connectivity index (χ4v) is 2.02. The highest BCUT2D eigenvalue weighted by Gasteiger charge is 2.13. The average Bonchev–Trinajstić information content (AvgIpc) is 2.39. The molecule has 1 aromatic rings. The van der Waals surface area contributed by atoms with Crippen molar-refractivity contribution in [1.82, 2.24) is 5.32 Å². The first-order chi connectivity index (χ1) is 9.54. The van der Waals surface area contributed by atoms with Crippen LogP contribution in [0.25, 0.3) is 0 Å². The van der Waals surface area contributed by atoms with E-state index < -0.39 is 5.97 Å². The third-order valence-corrected chi connectivity index (χ3v) is 3.05. The summed E-state index contributed by atoms with van der Waals surface area (Å²) < 4.78 is 0. The van der Waals surface area contributed by atoms with Gasteiger partial charge in [0, 0.05) is 6.04 Å². The predicted octanol–water partition coefficient (Wildman–Crippen LogP) is 2.79. The van der Waals surface area contributed by atoms with Crippen molar-refractivity contribution in [3.8, 4) is 0 Å². The molecule has 2 N–H and O–H groups in total. The number of carboxylic acids is 1. The Morgan fingerprint density at radius 1 is 1.40 bits per heavy atom. The van der Waals surface area contributed by atoms with Crippen LogP contribution in [0.5, 0.6) is 0 Å². The number of carbonyl (C=O) groups excluding carboxylic acids is 1. The Morgan fingerprint density at radius 2 is 2.10 bits per heavy atom. The maximum Gasteiger partial charge on any atom is 0.335 e. The highest BCUT2D eigenvalue weighted by Crippen LogP contribution is 2.10. The van der Waals surface area contributed by atoms with Gasteiger partial charge in [-0.1, -0.05) is 24.3 Å². The van der Waals surface area contributed by atoms with E-state index in [0.717, 1.165) is 19.3 Å². The van der Waals surface area contributed by atoms with Gasteiger partial charge in [0.25, 0.3) is 0 Å². The van der Waals surface area contributed by atoms with Gasteiger partial charge in [0.15, 0.2) is 0 Å². The molecule has 1 atom stereocenters. The number of unbranched alkanes of at least 4 members (excludes halogenated alkanes) is 1. The van der Waals surface area contributed by atoms with Crippen LogP contribution in [0.1, 0.15) is 42.1 Å². The predicted molar refractivity (Wildman–Crippen MR) is 78.8 cm³/mol. The van der Waals surface area contributed by atoms with E-state index >= 15 is 0 Å². The molecule has 0 heterocycles. The van der Waals surface area contributed by atoms with Crippen LogP contribution in [-0.4, -0.2) is 23.0 Å². The smallest absolute Gasteiger partial charge is 0.335 e. The van der Waals surface area contributed by atoms with Gasteiger partial charge in [-0.15, -0.1) is 6.58 Å². The van der Waals surface area contributed by atoms with Crippen LogP contribution in [0.15, 0.2) is 36.9 Å². The lowest BCUT2D eigenvalue weighted by atomic mass is 10.0. The van der Waals surface area contributed by atoms with E-state index in [1.165, 1.54) is 6.07 Å². The SMILES string of the molecule is C=CCCCC(C)NC(=O)Cc1ccccc1C(=O)O. The second-order valence-electron chi connectivity index (χ2n) is 4.83. The van der Waals surface area contributed by atoms with Gasteiger partial charge >= 0.3 is 5.97 Å². The van der Waals surface area contributed by atoms with Crippen molar-refractivity contribution >= 4 is 11.9 Å². The second kappa shape index (κ2) is 8.15. The second-order valence-corrected chi connectivity index (χ2v) is 4.83. The summed E-state index contributed by atoms with van der Waals surface area (Å²) in [7, 11) is 0. The quantitative estimate of drug-likeness (QED) is 0.566. The number of benzene rings is 1. The molecule has 0 saturated carbocycles. The maximum atomic E-state index is 11.9. The molecule has 0 aliphatic heterocycles. The van der Waals surface area contributed by atoms with Crippen molar-refractivity contribution in [2.75, 3.05) is 0 Å². The van der Waals surface area contributed by atoms with Crippen LogP contribution >= 0.6 is 0 Å². The van der Waals surface area contributed by atoms with Gasteiger partial charge in [0.05, 0.1) is 12.0 Å². The van der Waals surface area contributed by atoms with E-state index in [1.807, 2.05) is 13.0 Å². The Kier molecular flexibility index (Phi) is 6.50. The number of aromatic carboxylic acids is 1. The van der Waals surface area contributed by atoms with E-state index in [1.54, 1.807) is 18.2 Å². The molecule has 4 heteroatoms. The number of amides is 1. The first kappa shape index (κ1) is 16.0. The zero-order valence-electron chi connectivity index (χ0n) is 11.8. The molecule has 1 amide bonds. The Morgan fingerprint density at radius 3 is 2.75 bits per heavy atom. The minimum atomic E-state index is -1.01. The first-order valence-electron chi connectivity index (χ1n) is 6.76. The van der Waals surface area contributed by atoms with Crippen LogP contribution < -0.4 is 5.32 Å². The Hall–Kier alpha value is -2.10. The lowest BCUT2D eigenvalue weighted by Gasteiger charge is -2.14. The third kappa shape index (κ3) is 5.26. The van der Waals surface area contributed by atoms with Crippen molar-refractivity contribution in [3.05, 3.63) is 48.0 Å². The van der Waals surface area contributed by atoms with Gasteiger partial charge in [0.1, 0.15) is 0 Å². The summed E-state index contributed by atoms with van der Waals surface area (Å²) >= 11 is 0. The number of rotatable bonds is 8. The minimum absolute atomic E-state index is 0.0828. The van der Waals surface area contributed by atoms with E-state index in [-0.39, 0.29) is 23.9 Å². The molecule has 1 unspecified atom stereocenters. The molecule has 20 heavy (non-hydrogen) atoms. The summed E-state index contributed by atoms with van der Waals surface area (Å²) in [4.78, 5) is 23.0. The van der Waals surface area contributed by atoms with Gasteiger partial charge in [-0.3, -0.25) is 4.79 Å². The van der Waals surface area contributed by atoms with Crippen molar-refractivity contribution in [3.63, 3.8) is 0 Å². The molecule has 0 aromatic heterocycles. The number of carbonyl (C=O) groups is 2. The van der Waals surface area contributed by atoms with Gasteiger partial charge in [-0.25, -0.2) is 4.79 Å². The number of hydrogen-bond acceptors (Lipinski definition) is 2. The fraction of sp³-hybridized carbons (Fsp3) is 0.375. The minimum Gasteiger partial charge on any atom is -0.478 e. The van der Waals surface area contributed by atoms with Crippen molar-refractivity contribution in [2.24, 2.45) is 0 Å². The largest absolute Gasteiger partial charge is 0.478 e. The monoisotopic (exact) mass is 275 g/mol. The lowest BCUT2D eigenvalue weighted by Crippen LogP contribution is -2.33. The standard InChI is InChI=1S/C16H21NO3/c1-3-4-5-8-12(2)17-15(18)11-13-9-6-7-10-14(13)16(19)20/h3,6-7,9-10,12H,1,4-5,8,11H2,2H3,(H,17,18)(H,19,20). The maximum absolute atomic E-state index is 11.9. The normalized spacial score (nSPS) is 11.7. The molecular formula is C16H21NO3. The molecule has 0 saturated heterocycles. The topological polar surface area (TPSA) is 66.4 Å². The van der Waals surface area contributed by atoms with Crippen LogP contribution in [-0.2, 0) is 11.2 Å². The molecule has 1 rings (SSSR count). The Labute approximate surface area is 119 Å². The van der Waals surface area contributed by atoms with Crippen molar-refractivity contribution < 1.29 is 14.7 Å². The number of hydrogen-bond donors (Lipinski definition) is 2. The van der Waals surface area contributed by atoms with E-state index in [9.17, 15) is 9.59 Å². The molecule has 0 bridgehead atoms. The molecule has 4 nitrogen and oxygen atoms in total. The third-order valence-electron chi connectivity index (χ3n) is 3.05. The van der Waals surface area contributed by atoms with Crippen molar-refractivity contribution in [1.29, 1.82) is 0 Å². The average molecular weight is 275 g/mol. The molecule has 0 fully saturated rings. The number of allylic oxidation sites excluding steroid dienone is 1. The number of carboxylic acid groups (broad SMARTS) is 1. The zero-order chi connectivity index (χ0) is 15.0. The molecule has 108 valence electrons. The van der Waals surface area contributed by atoms with Gasteiger partial charge in [0.2, 0.25) is 5.91 Å². The Bertz CT molecular complexity index is 482. The molecular weight excluding hydrogens is 254 g/mol. The number of nitrogens with one attached hydrogen (secondary N) is 1. The highest BCUT2D eigenvalue weighted by molar-refractivity contribution is 5.91. The van der Waals surface area contributed by atoms with Crippen LogP contribution in [0.3, 0.4) is 0 Å². The highest BCUT2D eigenvalue weighted by atomic mass is 16.4. The van der Waals surface area contributed by atoms with Gasteiger partial charge in [-0.2, -0.15) is 0 Å². The van der Waals surface area contributed by atoms with E-state index in [0.29, 0.717) is 5.56 Å². The molecule has 1 aromatic carbocycles. The van der Waals surface area contributed by atoms with Gasteiger partial charge < -0.3 is 10.4 Å². The van der Waals surface area contributed by atoms with Crippen LogP contribution in [0.4, 0.5) is 0 Å². The van der Waals surface area contributed by atoms with Gasteiger partial charge in [-0.05, 0) is 37.8 Å². The summed E-state index contributed by atoms with van der Waals surface area (Å²) in [5, 5.41) is 11.9. The summed E-state index contributed by atoms with van der Waals surface area (Å²) in [5.41, 5.74) is 0.720. The molecule has 0 spiro atoms. The molecule has 0 aliphatic rings. The zero-order valence-corrected chi connectivity index (χ0v) is 11.8. The lowest BCUT2D eigenvalue weighted by molar-refractivity contribution is -0.121. The van der Waals surface area contributed by atoms with Crippen LogP contribution in [0.2, 0.25) is 0 Å².